The number of aldehydes is 1. The summed E-state index contributed by atoms with van der Waals surface area (Å²) in [6.45, 7) is 2.70. The fourth-order valence-electron chi connectivity index (χ4n) is 0.925. The molecule has 0 atom stereocenters. The maximum Gasteiger partial charge on any atom is 0.150 e. The number of carbonyl (C=O) groups is 1. The van der Waals surface area contributed by atoms with Gasteiger partial charge in [0.1, 0.15) is 0 Å². The lowest BCUT2D eigenvalue weighted by Gasteiger charge is -1.95. The van der Waals surface area contributed by atoms with E-state index >= 15 is 0 Å². The van der Waals surface area contributed by atoms with Gasteiger partial charge in [-0.3, -0.25) is 9.79 Å². The van der Waals surface area contributed by atoms with Crippen molar-refractivity contribution in [2.45, 2.75) is 6.92 Å². The summed E-state index contributed by atoms with van der Waals surface area (Å²) in [6, 6.07) is 7.39. The van der Waals surface area contributed by atoms with E-state index < -0.39 is 0 Å². The molecule has 0 fully saturated rings. The summed E-state index contributed by atoms with van der Waals surface area (Å²) < 4.78 is 0. The number of hydrogen-bond acceptors (Lipinski definition) is 2. The Morgan fingerprint density at radius 3 is 2.58 bits per heavy atom. The first-order valence-electron chi connectivity index (χ1n) is 3.92. The number of carbonyl (C=O) groups excluding carboxylic acids is 1. The van der Waals surface area contributed by atoms with Crippen LogP contribution in [0.15, 0.2) is 29.3 Å². The fourth-order valence-corrected chi connectivity index (χ4v) is 0.925. The Labute approximate surface area is 71.9 Å². The summed E-state index contributed by atoms with van der Waals surface area (Å²) >= 11 is 0. The number of rotatable bonds is 3. The molecule has 0 saturated carbocycles. The predicted molar refractivity (Wildman–Crippen MR) is 50.0 cm³/mol. The second-order valence-corrected chi connectivity index (χ2v) is 2.37. The van der Waals surface area contributed by atoms with Crippen LogP contribution < -0.4 is 0 Å². The van der Waals surface area contributed by atoms with E-state index in [-0.39, 0.29) is 0 Å². The minimum atomic E-state index is 0.690. The molecule has 0 aromatic heterocycles. The van der Waals surface area contributed by atoms with Gasteiger partial charge in [0.15, 0.2) is 6.29 Å². The van der Waals surface area contributed by atoms with Crippen LogP contribution in [0.2, 0.25) is 0 Å². The van der Waals surface area contributed by atoms with Crippen LogP contribution in [-0.4, -0.2) is 19.0 Å². The van der Waals surface area contributed by atoms with Crippen LogP contribution in [0, 0.1) is 0 Å². The normalized spacial score (nSPS) is 10.4. The zero-order valence-corrected chi connectivity index (χ0v) is 7.03. The van der Waals surface area contributed by atoms with Crippen molar-refractivity contribution in [3.8, 4) is 0 Å². The molecule has 0 saturated heterocycles. The van der Waals surface area contributed by atoms with Crippen LogP contribution in [0.4, 0.5) is 0 Å². The van der Waals surface area contributed by atoms with Crippen LogP contribution in [0.25, 0.3) is 0 Å². The third kappa shape index (κ3) is 2.02. The Kier molecular flexibility index (Phi) is 3.20. The highest BCUT2D eigenvalue weighted by molar-refractivity contribution is 5.92. The van der Waals surface area contributed by atoms with E-state index in [4.69, 9.17) is 0 Å². The lowest BCUT2D eigenvalue weighted by Crippen LogP contribution is -1.90. The molecule has 0 aliphatic heterocycles. The molecule has 0 aliphatic carbocycles. The topological polar surface area (TPSA) is 29.4 Å². The Morgan fingerprint density at radius 1 is 1.33 bits per heavy atom. The van der Waals surface area contributed by atoms with E-state index in [9.17, 15) is 4.79 Å². The molecule has 62 valence electrons. The smallest absolute Gasteiger partial charge is 0.150 e. The Hall–Kier alpha value is -1.44. The van der Waals surface area contributed by atoms with Gasteiger partial charge in [0, 0.05) is 23.9 Å². The average Bonchev–Trinajstić information content (AvgIpc) is 2.15. The zero-order chi connectivity index (χ0) is 8.81. The molecule has 1 rings (SSSR count). The molecule has 0 heterocycles. The molecule has 1 aromatic carbocycles. The highest BCUT2D eigenvalue weighted by atomic mass is 16.1. The van der Waals surface area contributed by atoms with Crippen molar-refractivity contribution in [1.82, 2.24) is 0 Å². The van der Waals surface area contributed by atoms with E-state index in [0.717, 1.165) is 18.4 Å². The second kappa shape index (κ2) is 4.44. The van der Waals surface area contributed by atoms with Crippen LogP contribution in [0.1, 0.15) is 22.8 Å². The predicted octanol–water partition coefficient (Wildman–Crippen LogP) is 1.94. The number of aliphatic imine (C=N–C) groups is 1. The molecule has 0 unspecified atom stereocenters. The minimum Gasteiger partial charge on any atom is -0.298 e. The SMILES string of the molecule is CC/N=C/c1ccccc1C=O. The van der Waals surface area contributed by atoms with E-state index in [2.05, 4.69) is 4.99 Å². The third-order valence-electron chi connectivity index (χ3n) is 1.54. The van der Waals surface area contributed by atoms with E-state index in [1.54, 1.807) is 12.3 Å². The van der Waals surface area contributed by atoms with Crippen molar-refractivity contribution >= 4 is 12.5 Å². The molecule has 0 spiro atoms. The van der Waals surface area contributed by atoms with Crippen molar-refractivity contribution < 1.29 is 4.79 Å². The number of hydrogen-bond donors (Lipinski definition) is 0. The first-order chi connectivity index (χ1) is 5.88. The minimum absolute atomic E-state index is 0.690. The van der Waals surface area contributed by atoms with Crippen LogP contribution in [0.5, 0.6) is 0 Å². The maximum absolute atomic E-state index is 10.5. The molecule has 0 radical (unpaired) electrons. The van der Waals surface area contributed by atoms with Crippen molar-refractivity contribution in [3.63, 3.8) is 0 Å². The zero-order valence-electron chi connectivity index (χ0n) is 7.03. The van der Waals surface area contributed by atoms with E-state index in [1.165, 1.54) is 0 Å². The third-order valence-corrected chi connectivity index (χ3v) is 1.54. The van der Waals surface area contributed by atoms with Crippen LogP contribution in [-0.2, 0) is 0 Å². The highest BCUT2D eigenvalue weighted by Gasteiger charge is 1.94. The molecule has 2 heteroatoms. The van der Waals surface area contributed by atoms with Crippen LogP contribution >= 0.6 is 0 Å². The fraction of sp³-hybridized carbons (Fsp3) is 0.200. The molecular weight excluding hydrogens is 150 g/mol. The average molecular weight is 161 g/mol. The molecule has 0 aliphatic rings. The van der Waals surface area contributed by atoms with Gasteiger partial charge in [-0.25, -0.2) is 0 Å². The summed E-state index contributed by atoms with van der Waals surface area (Å²) in [4.78, 5) is 14.6. The lowest BCUT2D eigenvalue weighted by atomic mass is 10.1. The maximum atomic E-state index is 10.5. The van der Waals surface area contributed by atoms with Gasteiger partial charge >= 0.3 is 0 Å². The number of benzene rings is 1. The summed E-state index contributed by atoms with van der Waals surface area (Å²) in [6.07, 6.45) is 2.57. The molecule has 12 heavy (non-hydrogen) atoms. The molecule has 1 aromatic rings. The Balaban J connectivity index is 2.96. The van der Waals surface area contributed by atoms with Crippen LogP contribution in [0.3, 0.4) is 0 Å². The van der Waals surface area contributed by atoms with Gasteiger partial charge in [-0.2, -0.15) is 0 Å². The molecule has 0 amide bonds. The largest absolute Gasteiger partial charge is 0.298 e. The summed E-state index contributed by atoms with van der Waals surface area (Å²) in [7, 11) is 0. The first-order valence-corrected chi connectivity index (χ1v) is 3.92. The van der Waals surface area contributed by atoms with Gasteiger partial charge in [-0.15, -0.1) is 0 Å². The van der Waals surface area contributed by atoms with Gasteiger partial charge in [0.2, 0.25) is 0 Å². The first kappa shape index (κ1) is 8.65. The molecular formula is C10H11NO. The van der Waals surface area contributed by atoms with Crippen molar-refractivity contribution in [2.75, 3.05) is 6.54 Å². The highest BCUT2D eigenvalue weighted by Crippen LogP contribution is 2.02. The summed E-state index contributed by atoms with van der Waals surface area (Å²) in [5.41, 5.74) is 1.57. The van der Waals surface area contributed by atoms with Gasteiger partial charge in [-0.05, 0) is 6.92 Å². The van der Waals surface area contributed by atoms with Crippen molar-refractivity contribution in [2.24, 2.45) is 4.99 Å². The van der Waals surface area contributed by atoms with Gasteiger partial charge in [-0.1, -0.05) is 24.3 Å². The summed E-state index contributed by atoms with van der Waals surface area (Å²) in [5.74, 6) is 0. The monoisotopic (exact) mass is 161 g/mol. The Morgan fingerprint density at radius 2 is 2.00 bits per heavy atom. The van der Waals surface area contributed by atoms with Gasteiger partial charge < -0.3 is 0 Å². The van der Waals surface area contributed by atoms with Crippen molar-refractivity contribution in [3.05, 3.63) is 35.4 Å². The quantitative estimate of drug-likeness (QED) is 0.492. The lowest BCUT2D eigenvalue weighted by molar-refractivity contribution is 0.112. The molecule has 0 N–H and O–H groups in total. The van der Waals surface area contributed by atoms with Gasteiger partial charge in [0.05, 0.1) is 0 Å². The van der Waals surface area contributed by atoms with Gasteiger partial charge in [0.25, 0.3) is 0 Å². The molecule has 0 bridgehead atoms. The standard InChI is InChI=1S/C10H11NO/c1-2-11-7-9-5-3-4-6-10(9)8-12/h3-8H,2H2,1H3/b11-7+. The van der Waals surface area contributed by atoms with Crippen molar-refractivity contribution in [1.29, 1.82) is 0 Å². The summed E-state index contributed by atoms with van der Waals surface area (Å²) in [5, 5.41) is 0. The van der Waals surface area contributed by atoms with E-state index in [0.29, 0.717) is 5.56 Å². The van der Waals surface area contributed by atoms with E-state index in [1.807, 2.05) is 25.1 Å². The number of nitrogens with zero attached hydrogens (tertiary/aromatic N) is 1. The Bertz CT molecular complexity index is 292. The second-order valence-electron chi connectivity index (χ2n) is 2.37. The molecule has 2 nitrogen and oxygen atoms in total.